The van der Waals surface area contributed by atoms with Crippen LogP contribution in [-0.2, 0) is 14.8 Å². The standard InChI is InChI=1S/C20H21Cl3N2O4S/c1-2-29-18-9-8-14(11-17(18)23)30(27,28)25-10-4-5-13(12-25)20(26)24-19-15(21)6-3-7-16(19)22/h3,6-9,11,13H,2,4-5,10,12H2,1H3,(H,24,26)/t13-/m1/s1. The second-order valence-electron chi connectivity index (χ2n) is 6.81. The lowest BCUT2D eigenvalue weighted by Gasteiger charge is -2.31. The van der Waals surface area contributed by atoms with Crippen LogP contribution in [0.4, 0.5) is 5.69 Å². The summed E-state index contributed by atoms with van der Waals surface area (Å²) >= 11 is 18.4. The predicted octanol–water partition coefficient (Wildman–Crippen LogP) is 5.08. The molecule has 0 saturated carbocycles. The van der Waals surface area contributed by atoms with E-state index in [9.17, 15) is 13.2 Å². The molecule has 0 aliphatic carbocycles. The van der Waals surface area contributed by atoms with Crippen molar-refractivity contribution in [3.8, 4) is 5.75 Å². The van der Waals surface area contributed by atoms with Crippen LogP contribution in [0.15, 0.2) is 41.3 Å². The van der Waals surface area contributed by atoms with Crippen molar-refractivity contribution in [1.82, 2.24) is 4.31 Å². The molecule has 3 rings (SSSR count). The van der Waals surface area contributed by atoms with E-state index in [1.165, 1.54) is 22.5 Å². The van der Waals surface area contributed by atoms with Gasteiger partial charge in [-0.25, -0.2) is 8.42 Å². The number of nitrogens with zero attached hydrogens (tertiary/aromatic N) is 1. The number of amides is 1. The van der Waals surface area contributed by atoms with E-state index in [1.54, 1.807) is 18.2 Å². The third-order valence-electron chi connectivity index (χ3n) is 4.81. The third-order valence-corrected chi connectivity index (χ3v) is 7.59. The van der Waals surface area contributed by atoms with Gasteiger partial charge >= 0.3 is 0 Å². The number of carbonyl (C=O) groups is 1. The largest absolute Gasteiger partial charge is 0.492 e. The minimum absolute atomic E-state index is 0.0566. The molecular formula is C20H21Cl3N2O4S. The molecule has 162 valence electrons. The summed E-state index contributed by atoms with van der Waals surface area (Å²) in [5.41, 5.74) is 0.323. The van der Waals surface area contributed by atoms with Crippen LogP contribution in [-0.4, -0.2) is 38.3 Å². The molecule has 2 aromatic carbocycles. The molecule has 1 fully saturated rings. The highest BCUT2D eigenvalue weighted by atomic mass is 35.5. The number of sulfonamides is 1. The lowest BCUT2D eigenvalue weighted by Crippen LogP contribution is -2.43. The number of para-hydroxylation sites is 1. The number of nitrogens with one attached hydrogen (secondary N) is 1. The van der Waals surface area contributed by atoms with Gasteiger partial charge in [-0.1, -0.05) is 40.9 Å². The Kier molecular flexibility index (Phi) is 7.52. The first-order valence-electron chi connectivity index (χ1n) is 9.41. The van der Waals surface area contributed by atoms with E-state index in [2.05, 4.69) is 5.32 Å². The topological polar surface area (TPSA) is 75.7 Å². The number of ether oxygens (including phenoxy) is 1. The van der Waals surface area contributed by atoms with E-state index in [-0.39, 0.29) is 22.4 Å². The molecule has 1 amide bonds. The summed E-state index contributed by atoms with van der Waals surface area (Å²) < 4.78 is 32.9. The van der Waals surface area contributed by atoms with Crippen molar-refractivity contribution in [3.63, 3.8) is 0 Å². The van der Waals surface area contributed by atoms with Crippen LogP contribution in [0.1, 0.15) is 19.8 Å². The van der Waals surface area contributed by atoms with Crippen molar-refractivity contribution in [1.29, 1.82) is 0 Å². The van der Waals surface area contributed by atoms with E-state index in [0.29, 0.717) is 47.5 Å². The first-order valence-corrected chi connectivity index (χ1v) is 12.0. The van der Waals surface area contributed by atoms with Gasteiger partial charge in [0, 0.05) is 13.1 Å². The summed E-state index contributed by atoms with van der Waals surface area (Å²) in [6.45, 7) is 2.62. The summed E-state index contributed by atoms with van der Waals surface area (Å²) in [5.74, 6) is -0.431. The van der Waals surface area contributed by atoms with Crippen molar-refractivity contribution >= 4 is 56.4 Å². The highest BCUT2D eigenvalue weighted by Crippen LogP contribution is 2.33. The van der Waals surface area contributed by atoms with Crippen LogP contribution >= 0.6 is 34.8 Å². The molecule has 0 unspecified atom stereocenters. The molecule has 0 spiro atoms. The van der Waals surface area contributed by atoms with Crippen molar-refractivity contribution in [2.45, 2.75) is 24.7 Å². The lowest BCUT2D eigenvalue weighted by molar-refractivity contribution is -0.120. The Balaban J connectivity index is 1.76. The normalized spacial score (nSPS) is 17.5. The number of halogens is 3. The second kappa shape index (κ2) is 9.75. The Labute approximate surface area is 191 Å². The first-order chi connectivity index (χ1) is 14.2. The SMILES string of the molecule is CCOc1ccc(S(=O)(=O)N2CCC[C@@H](C(=O)Nc3c(Cl)cccc3Cl)C2)cc1Cl. The molecule has 0 aromatic heterocycles. The van der Waals surface area contributed by atoms with Crippen molar-refractivity contribution < 1.29 is 17.9 Å². The zero-order chi connectivity index (χ0) is 21.9. The Morgan fingerprint density at radius 2 is 1.87 bits per heavy atom. The number of rotatable bonds is 6. The molecule has 6 nitrogen and oxygen atoms in total. The number of carbonyl (C=O) groups excluding carboxylic acids is 1. The molecule has 1 heterocycles. The summed E-state index contributed by atoms with van der Waals surface area (Å²) in [5, 5.41) is 3.59. The first kappa shape index (κ1) is 23.2. The molecule has 1 N–H and O–H groups in total. The van der Waals surface area contributed by atoms with Gasteiger partial charge in [0.05, 0.1) is 38.2 Å². The van der Waals surface area contributed by atoms with E-state index in [4.69, 9.17) is 39.5 Å². The van der Waals surface area contributed by atoms with Gasteiger partial charge in [0.25, 0.3) is 0 Å². The molecule has 1 saturated heterocycles. The minimum Gasteiger partial charge on any atom is -0.492 e. The van der Waals surface area contributed by atoms with Crippen LogP contribution in [0, 0.1) is 5.92 Å². The Morgan fingerprint density at radius 3 is 2.50 bits per heavy atom. The maximum atomic E-state index is 13.1. The second-order valence-corrected chi connectivity index (χ2v) is 9.97. The highest BCUT2D eigenvalue weighted by Gasteiger charge is 2.34. The molecule has 1 atom stereocenters. The van der Waals surface area contributed by atoms with Crippen LogP contribution in [0.25, 0.3) is 0 Å². The number of benzene rings is 2. The van der Waals surface area contributed by atoms with Crippen LogP contribution in [0.2, 0.25) is 15.1 Å². The number of anilines is 1. The third kappa shape index (κ3) is 5.03. The molecule has 2 aromatic rings. The average Bonchev–Trinajstić information content (AvgIpc) is 2.72. The van der Waals surface area contributed by atoms with Gasteiger partial charge < -0.3 is 10.1 Å². The van der Waals surface area contributed by atoms with Gasteiger partial charge in [-0.15, -0.1) is 0 Å². The Bertz CT molecular complexity index is 1030. The predicted molar refractivity (Wildman–Crippen MR) is 119 cm³/mol. The zero-order valence-electron chi connectivity index (χ0n) is 16.2. The summed E-state index contributed by atoms with van der Waals surface area (Å²) in [6.07, 6.45) is 1.11. The van der Waals surface area contributed by atoms with Crippen molar-refractivity contribution in [2.24, 2.45) is 5.92 Å². The minimum atomic E-state index is -3.81. The van der Waals surface area contributed by atoms with Gasteiger partial charge in [-0.05, 0) is 50.1 Å². The molecule has 0 bridgehead atoms. The van der Waals surface area contributed by atoms with E-state index < -0.39 is 15.9 Å². The van der Waals surface area contributed by atoms with Gasteiger partial charge in [0.15, 0.2) is 0 Å². The lowest BCUT2D eigenvalue weighted by atomic mass is 9.98. The van der Waals surface area contributed by atoms with Crippen LogP contribution < -0.4 is 10.1 Å². The molecule has 10 heteroatoms. The molecule has 1 aliphatic rings. The van der Waals surface area contributed by atoms with Crippen molar-refractivity contribution in [2.75, 3.05) is 25.0 Å². The van der Waals surface area contributed by atoms with Crippen molar-refractivity contribution in [3.05, 3.63) is 51.5 Å². The number of hydrogen-bond acceptors (Lipinski definition) is 4. The zero-order valence-corrected chi connectivity index (χ0v) is 19.3. The highest BCUT2D eigenvalue weighted by molar-refractivity contribution is 7.89. The summed E-state index contributed by atoms with van der Waals surface area (Å²) in [7, 11) is -3.81. The average molecular weight is 492 g/mol. The molecule has 1 aliphatic heterocycles. The van der Waals surface area contributed by atoms with Crippen LogP contribution in [0.3, 0.4) is 0 Å². The Morgan fingerprint density at radius 1 is 1.17 bits per heavy atom. The van der Waals surface area contributed by atoms with Gasteiger partial charge in [-0.3, -0.25) is 4.79 Å². The smallest absolute Gasteiger partial charge is 0.243 e. The monoisotopic (exact) mass is 490 g/mol. The van der Waals surface area contributed by atoms with E-state index in [1.807, 2.05) is 6.92 Å². The Hall–Kier alpha value is -1.51. The maximum absolute atomic E-state index is 13.1. The summed E-state index contributed by atoms with van der Waals surface area (Å²) in [4.78, 5) is 12.8. The molecular weight excluding hydrogens is 471 g/mol. The van der Waals surface area contributed by atoms with Gasteiger partial charge in [0.1, 0.15) is 5.75 Å². The van der Waals surface area contributed by atoms with Crippen LogP contribution in [0.5, 0.6) is 5.75 Å². The van der Waals surface area contributed by atoms with Gasteiger partial charge in [0.2, 0.25) is 15.9 Å². The quantitative estimate of drug-likeness (QED) is 0.611. The van der Waals surface area contributed by atoms with Gasteiger partial charge in [-0.2, -0.15) is 4.31 Å². The number of piperidine rings is 1. The fourth-order valence-corrected chi connectivity index (χ4v) is 5.62. The molecule has 30 heavy (non-hydrogen) atoms. The number of hydrogen-bond donors (Lipinski definition) is 1. The summed E-state index contributed by atoms with van der Waals surface area (Å²) in [6, 6.07) is 9.28. The molecule has 0 radical (unpaired) electrons. The van der Waals surface area contributed by atoms with E-state index >= 15 is 0 Å². The maximum Gasteiger partial charge on any atom is 0.243 e. The fourth-order valence-electron chi connectivity index (χ4n) is 3.28. The van der Waals surface area contributed by atoms with E-state index in [0.717, 1.165) is 0 Å². The fraction of sp³-hybridized carbons (Fsp3) is 0.350.